The molecule has 2 aromatic carbocycles. The van der Waals surface area contributed by atoms with Crippen LogP contribution in [0.4, 0.5) is 9.18 Å². The topological polar surface area (TPSA) is 75.4 Å². The lowest BCUT2D eigenvalue weighted by molar-refractivity contribution is -0.128. The van der Waals surface area contributed by atoms with Gasteiger partial charge in [-0.15, -0.1) is 0 Å². The highest BCUT2D eigenvalue weighted by atomic mass is 19.1. The summed E-state index contributed by atoms with van der Waals surface area (Å²) in [6.45, 7) is 0.00528. The lowest BCUT2D eigenvalue weighted by Crippen LogP contribution is -2.31. The first-order valence-electron chi connectivity index (χ1n) is 8.96. The van der Waals surface area contributed by atoms with Gasteiger partial charge in [0.05, 0.1) is 12.2 Å². The molecular formula is C21H18FN3O3. The number of nitrogens with zero attached hydrogens (tertiary/aromatic N) is 2. The Bertz CT molecular complexity index is 1000. The number of urea groups is 1. The maximum Gasteiger partial charge on any atom is 0.325 e. The molecule has 3 amide bonds. The standard InChI is InChI=1S/C21H18FN3O3/c22-16-8-4-7-15(11-16)19-23-17(13-28-19)12-25-20(26)18(24-21(25)27)10-9-14-5-2-1-3-6-14/h1-8,11,13,18H,9-10,12H2,(H,24,27). The van der Waals surface area contributed by atoms with Gasteiger partial charge in [-0.1, -0.05) is 36.4 Å². The van der Waals surface area contributed by atoms with Crippen molar-refractivity contribution in [2.24, 2.45) is 0 Å². The van der Waals surface area contributed by atoms with Crippen LogP contribution in [-0.2, 0) is 17.8 Å². The largest absolute Gasteiger partial charge is 0.444 e. The number of oxazole rings is 1. The number of carbonyl (C=O) groups is 2. The van der Waals surface area contributed by atoms with Crippen molar-refractivity contribution in [2.45, 2.75) is 25.4 Å². The second-order valence-corrected chi connectivity index (χ2v) is 6.61. The van der Waals surface area contributed by atoms with E-state index in [0.717, 1.165) is 10.5 Å². The first-order valence-corrected chi connectivity index (χ1v) is 8.96. The van der Waals surface area contributed by atoms with Gasteiger partial charge in [-0.25, -0.2) is 14.2 Å². The van der Waals surface area contributed by atoms with Crippen molar-refractivity contribution in [1.29, 1.82) is 0 Å². The summed E-state index contributed by atoms with van der Waals surface area (Å²) in [6.07, 6.45) is 2.59. The lowest BCUT2D eigenvalue weighted by atomic mass is 10.1. The molecule has 2 heterocycles. The summed E-state index contributed by atoms with van der Waals surface area (Å²) >= 11 is 0. The Labute approximate surface area is 161 Å². The first kappa shape index (κ1) is 17.9. The third-order valence-corrected chi connectivity index (χ3v) is 4.61. The van der Waals surface area contributed by atoms with E-state index in [4.69, 9.17) is 4.42 Å². The summed E-state index contributed by atoms with van der Waals surface area (Å²) in [7, 11) is 0. The number of halogens is 1. The number of carbonyl (C=O) groups excluding carboxylic acids is 2. The molecular weight excluding hydrogens is 361 g/mol. The Balaban J connectivity index is 1.41. The van der Waals surface area contributed by atoms with E-state index in [1.807, 2.05) is 30.3 Å². The van der Waals surface area contributed by atoms with Gasteiger partial charge in [0.15, 0.2) is 0 Å². The molecule has 1 atom stereocenters. The lowest BCUT2D eigenvalue weighted by Gasteiger charge is -2.11. The molecule has 1 aliphatic heterocycles. The van der Waals surface area contributed by atoms with Crippen LogP contribution in [0.5, 0.6) is 0 Å². The highest BCUT2D eigenvalue weighted by Crippen LogP contribution is 2.21. The summed E-state index contributed by atoms with van der Waals surface area (Å²) in [6, 6.07) is 14.7. The zero-order chi connectivity index (χ0) is 19.5. The molecule has 28 heavy (non-hydrogen) atoms. The third-order valence-electron chi connectivity index (χ3n) is 4.61. The van der Waals surface area contributed by atoms with Gasteiger partial charge in [0.2, 0.25) is 5.89 Å². The van der Waals surface area contributed by atoms with Crippen LogP contribution in [0.1, 0.15) is 17.7 Å². The van der Waals surface area contributed by atoms with Gasteiger partial charge in [-0.2, -0.15) is 0 Å². The summed E-state index contributed by atoms with van der Waals surface area (Å²) in [5, 5.41) is 2.72. The summed E-state index contributed by atoms with van der Waals surface area (Å²) in [4.78, 5) is 30.2. The summed E-state index contributed by atoms with van der Waals surface area (Å²) in [5.41, 5.74) is 2.02. The third kappa shape index (κ3) is 3.78. The molecule has 4 rings (SSSR count). The normalized spacial score (nSPS) is 16.5. The first-order chi connectivity index (χ1) is 13.6. The SMILES string of the molecule is O=C1NC(CCc2ccccc2)C(=O)N1Cc1coc(-c2cccc(F)c2)n1. The Hall–Kier alpha value is -3.48. The number of nitrogens with one attached hydrogen (secondary N) is 1. The molecule has 1 aromatic heterocycles. The molecule has 1 saturated heterocycles. The van der Waals surface area contributed by atoms with Crippen molar-refractivity contribution in [2.75, 3.05) is 0 Å². The van der Waals surface area contributed by atoms with Crippen molar-refractivity contribution in [3.63, 3.8) is 0 Å². The van der Waals surface area contributed by atoms with Crippen molar-refractivity contribution < 1.29 is 18.4 Å². The molecule has 0 radical (unpaired) electrons. The zero-order valence-electron chi connectivity index (χ0n) is 15.0. The molecule has 0 bridgehead atoms. The molecule has 1 unspecified atom stereocenters. The average molecular weight is 379 g/mol. The highest BCUT2D eigenvalue weighted by molar-refractivity contribution is 6.04. The fraction of sp³-hybridized carbons (Fsp3) is 0.190. The quantitative estimate of drug-likeness (QED) is 0.665. The van der Waals surface area contributed by atoms with E-state index < -0.39 is 17.9 Å². The molecule has 3 aromatic rings. The zero-order valence-corrected chi connectivity index (χ0v) is 15.0. The van der Waals surface area contributed by atoms with Crippen LogP contribution in [0.25, 0.3) is 11.5 Å². The van der Waals surface area contributed by atoms with E-state index >= 15 is 0 Å². The van der Waals surface area contributed by atoms with Crippen molar-refractivity contribution in [3.05, 3.63) is 77.9 Å². The molecule has 142 valence electrons. The van der Waals surface area contributed by atoms with Gasteiger partial charge < -0.3 is 9.73 Å². The fourth-order valence-electron chi connectivity index (χ4n) is 3.17. The maximum absolute atomic E-state index is 13.4. The van der Waals surface area contributed by atoms with E-state index in [1.165, 1.54) is 18.4 Å². The van der Waals surface area contributed by atoms with Crippen LogP contribution >= 0.6 is 0 Å². The number of imide groups is 1. The van der Waals surface area contributed by atoms with Gasteiger partial charge in [0.1, 0.15) is 18.1 Å². The van der Waals surface area contributed by atoms with Crippen LogP contribution in [0.3, 0.4) is 0 Å². The van der Waals surface area contributed by atoms with Crippen molar-refractivity contribution in [3.8, 4) is 11.5 Å². The molecule has 1 fully saturated rings. The molecule has 7 heteroatoms. The molecule has 0 spiro atoms. The van der Waals surface area contributed by atoms with E-state index in [1.54, 1.807) is 12.1 Å². The smallest absolute Gasteiger partial charge is 0.325 e. The van der Waals surface area contributed by atoms with E-state index in [0.29, 0.717) is 24.1 Å². The average Bonchev–Trinajstić information content (AvgIpc) is 3.28. The van der Waals surface area contributed by atoms with Gasteiger partial charge in [-0.05, 0) is 36.6 Å². The number of aryl methyl sites for hydroxylation is 1. The summed E-state index contributed by atoms with van der Waals surface area (Å²) in [5.74, 6) is -0.439. The van der Waals surface area contributed by atoms with Crippen LogP contribution in [0.15, 0.2) is 65.3 Å². The number of amides is 3. The summed E-state index contributed by atoms with van der Waals surface area (Å²) < 4.78 is 18.7. The highest BCUT2D eigenvalue weighted by Gasteiger charge is 2.37. The number of hydrogen-bond donors (Lipinski definition) is 1. The van der Waals surface area contributed by atoms with E-state index in [2.05, 4.69) is 10.3 Å². The Morgan fingerprint density at radius 1 is 1.11 bits per heavy atom. The number of rotatable bonds is 6. The monoisotopic (exact) mass is 379 g/mol. The van der Waals surface area contributed by atoms with Gasteiger partial charge in [0, 0.05) is 5.56 Å². The van der Waals surface area contributed by atoms with Crippen molar-refractivity contribution >= 4 is 11.9 Å². The minimum absolute atomic E-state index is 0.00528. The fourth-order valence-corrected chi connectivity index (χ4v) is 3.17. The second kappa shape index (κ2) is 7.64. The van der Waals surface area contributed by atoms with Crippen LogP contribution < -0.4 is 5.32 Å². The van der Waals surface area contributed by atoms with E-state index in [9.17, 15) is 14.0 Å². The van der Waals surface area contributed by atoms with E-state index in [-0.39, 0.29) is 18.3 Å². The minimum Gasteiger partial charge on any atom is -0.444 e. The Morgan fingerprint density at radius 2 is 1.93 bits per heavy atom. The minimum atomic E-state index is -0.553. The predicted octanol–water partition coefficient (Wildman–Crippen LogP) is 3.53. The molecule has 1 N–H and O–H groups in total. The van der Waals surface area contributed by atoms with Crippen molar-refractivity contribution in [1.82, 2.24) is 15.2 Å². The molecule has 1 aliphatic rings. The second-order valence-electron chi connectivity index (χ2n) is 6.61. The molecule has 0 saturated carbocycles. The number of aromatic nitrogens is 1. The van der Waals surface area contributed by atoms with Crippen LogP contribution in [-0.4, -0.2) is 27.9 Å². The predicted molar refractivity (Wildman–Crippen MR) is 99.5 cm³/mol. The maximum atomic E-state index is 13.4. The molecule has 0 aliphatic carbocycles. The molecule has 6 nitrogen and oxygen atoms in total. The van der Waals surface area contributed by atoms with Gasteiger partial charge >= 0.3 is 6.03 Å². The van der Waals surface area contributed by atoms with Gasteiger partial charge in [-0.3, -0.25) is 9.69 Å². The van der Waals surface area contributed by atoms with Gasteiger partial charge in [0.25, 0.3) is 5.91 Å². The Morgan fingerprint density at radius 3 is 2.71 bits per heavy atom. The Kier molecular flexibility index (Phi) is 4.89. The number of hydrogen-bond acceptors (Lipinski definition) is 4. The van der Waals surface area contributed by atoms with Crippen LogP contribution in [0.2, 0.25) is 0 Å². The number of benzene rings is 2. The van der Waals surface area contributed by atoms with Crippen LogP contribution in [0, 0.1) is 5.82 Å².